The van der Waals surface area contributed by atoms with E-state index in [2.05, 4.69) is 17.2 Å². The maximum Gasteiger partial charge on any atom is 0.280 e. The first-order valence-corrected chi connectivity index (χ1v) is 9.66. The number of carbonyl (C=O) groups is 1. The van der Waals surface area contributed by atoms with E-state index in [1.165, 1.54) is 4.68 Å². The standard InChI is InChI=1S/C22H19ClN4O2/c1-2-15-7-5-8-16(13-15)27-22(29)17-9-6-12-24-21(17)26(27)14-20(28)25-19-11-4-3-10-18(19)23/h3-13H,2,14H2,1H3,(H,25,28). The molecule has 4 aromatic rings. The number of benzene rings is 2. The molecule has 7 heteroatoms. The lowest BCUT2D eigenvalue weighted by Crippen LogP contribution is -2.27. The highest BCUT2D eigenvalue weighted by Gasteiger charge is 2.18. The van der Waals surface area contributed by atoms with Gasteiger partial charge in [0.25, 0.3) is 5.56 Å². The summed E-state index contributed by atoms with van der Waals surface area (Å²) in [5, 5.41) is 3.71. The number of halogens is 1. The molecule has 0 aliphatic carbocycles. The van der Waals surface area contributed by atoms with Crippen molar-refractivity contribution >= 4 is 34.2 Å². The zero-order valence-corrected chi connectivity index (χ0v) is 16.6. The second-order valence-corrected chi connectivity index (χ2v) is 7.01. The number of aromatic nitrogens is 3. The highest BCUT2D eigenvalue weighted by Crippen LogP contribution is 2.21. The van der Waals surface area contributed by atoms with Gasteiger partial charge in [0.2, 0.25) is 5.91 Å². The molecule has 2 aromatic heterocycles. The molecule has 0 radical (unpaired) electrons. The Kier molecular flexibility index (Phi) is 5.18. The summed E-state index contributed by atoms with van der Waals surface area (Å²) < 4.78 is 3.10. The summed E-state index contributed by atoms with van der Waals surface area (Å²) >= 11 is 6.14. The monoisotopic (exact) mass is 406 g/mol. The predicted molar refractivity (Wildman–Crippen MR) is 115 cm³/mol. The predicted octanol–water partition coefficient (Wildman–Crippen LogP) is 4.04. The van der Waals surface area contributed by atoms with E-state index >= 15 is 0 Å². The van der Waals surface area contributed by atoms with Crippen molar-refractivity contribution < 1.29 is 4.79 Å². The van der Waals surface area contributed by atoms with Crippen molar-refractivity contribution in [2.45, 2.75) is 19.9 Å². The van der Waals surface area contributed by atoms with Gasteiger partial charge in [0.05, 0.1) is 21.8 Å². The van der Waals surface area contributed by atoms with Crippen molar-refractivity contribution in [1.82, 2.24) is 14.3 Å². The Morgan fingerprint density at radius 1 is 1.10 bits per heavy atom. The molecule has 146 valence electrons. The SMILES string of the molecule is CCc1cccc(-n2c(=O)c3cccnc3n2CC(=O)Nc2ccccc2Cl)c1. The van der Waals surface area contributed by atoms with Crippen molar-refractivity contribution in [2.75, 3.05) is 5.32 Å². The molecule has 0 saturated heterocycles. The van der Waals surface area contributed by atoms with Gasteiger partial charge in [-0.1, -0.05) is 42.8 Å². The Balaban J connectivity index is 1.79. The Labute approximate surface area is 172 Å². The molecule has 1 N–H and O–H groups in total. The number of nitrogens with one attached hydrogen (secondary N) is 1. The van der Waals surface area contributed by atoms with Gasteiger partial charge in [0.15, 0.2) is 5.65 Å². The molecule has 4 rings (SSSR count). The first-order chi connectivity index (χ1) is 14.1. The third-order valence-corrected chi connectivity index (χ3v) is 5.03. The molecule has 1 amide bonds. The van der Waals surface area contributed by atoms with Gasteiger partial charge in [-0.05, 0) is 48.4 Å². The van der Waals surface area contributed by atoms with Crippen LogP contribution in [0, 0.1) is 0 Å². The van der Waals surface area contributed by atoms with E-state index in [9.17, 15) is 9.59 Å². The average Bonchev–Trinajstić information content (AvgIpc) is 3.01. The van der Waals surface area contributed by atoms with Gasteiger partial charge in [-0.15, -0.1) is 0 Å². The van der Waals surface area contributed by atoms with Crippen LogP contribution in [0.2, 0.25) is 5.02 Å². The van der Waals surface area contributed by atoms with Crippen LogP contribution >= 0.6 is 11.6 Å². The van der Waals surface area contributed by atoms with Gasteiger partial charge in [-0.2, -0.15) is 0 Å². The quantitative estimate of drug-likeness (QED) is 0.543. The summed E-state index contributed by atoms with van der Waals surface area (Å²) in [6.07, 6.45) is 2.45. The highest BCUT2D eigenvalue weighted by molar-refractivity contribution is 6.33. The normalized spacial score (nSPS) is 11.0. The molecule has 2 aromatic carbocycles. The van der Waals surface area contributed by atoms with E-state index in [0.717, 1.165) is 12.0 Å². The number of aryl methyl sites for hydroxylation is 1. The van der Waals surface area contributed by atoms with Gasteiger partial charge >= 0.3 is 0 Å². The number of hydrogen-bond donors (Lipinski definition) is 1. The summed E-state index contributed by atoms with van der Waals surface area (Å²) in [4.78, 5) is 30.2. The van der Waals surface area contributed by atoms with Crippen LogP contribution in [0.15, 0.2) is 71.7 Å². The number of rotatable bonds is 5. The second kappa shape index (κ2) is 7.93. The second-order valence-electron chi connectivity index (χ2n) is 6.60. The maximum atomic E-state index is 13.1. The first kappa shape index (κ1) is 19.0. The van der Waals surface area contributed by atoms with Gasteiger partial charge in [-0.25, -0.2) is 9.67 Å². The van der Waals surface area contributed by atoms with Crippen LogP contribution in [0.1, 0.15) is 12.5 Å². The summed E-state index contributed by atoms with van der Waals surface area (Å²) in [6.45, 7) is 1.97. The van der Waals surface area contributed by atoms with Crippen molar-refractivity contribution in [1.29, 1.82) is 0 Å². The van der Waals surface area contributed by atoms with Crippen LogP contribution < -0.4 is 10.9 Å². The number of pyridine rings is 1. The zero-order valence-electron chi connectivity index (χ0n) is 15.8. The highest BCUT2D eigenvalue weighted by atomic mass is 35.5. The largest absolute Gasteiger partial charge is 0.323 e. The Hall–Kier alpha value is -3.38. The van der Waals surface area contributed by atoms with Crippen LogP contribution in [0.25, 0.3) is 16.7 Å². The third-order valence-electron chi connectivity index (χ3n) is 4.70. The number of carbonyl (C=O) groups excluding carboxylic acids is 1. The third kappa shape index (κ3) is 3.67. The maximum absolute atomic E-state index is 13.1. The van der Waals surface area contributed by atoms with E-state index in [0.29, 0.717) is 27.4 Å². The summed E-state index contributed by atoms with van der Waals surface area (Å²) in [5.74, 6) is -0.305. The van der Waals surface area contributed by atoms with E-state index in [4.69, 9.17) is 11.6 Å². The van der Waals surface area contributed by atoms with Gasteiger partial charge in [0, 0.05) is 6.20 Å². The van der Waals surface area contributed by atoms with E-state index in [-0.39, 0.29) is 18.0 Å². The number of fused-ring (bicyclic) bond motifs is 1. The fourth-order valence-corrected chi connectivity index (χ4v) is 3.47. The zero-order chi connectivity index (χ0) is 20.4. The number of amides is 1. The fraction of sp³-hybridized carbons (Fsp3) is 0.136. The van der Waals surface area contributed by atoms with Crippen molar-refractivity contribution in [3.63, 3.8) is 0 Å². The summed E-state index contributed by atoms with van der Waals surface area (Å²) in [6, 6.07) is 18.1. The molecule has 0 unspecified atom stereocenters. The van der Waals surface area contributed by atoms with Gasteiger partial charge in [-0.3, -0.25) is 14.3 Å². The smallest absolute Gasteiger partial charge is 0.280 e. The molecule has 0 spiro atoms. The topological polar surface area (TPSA) is 68.9 Å². The summed E-state index contributed by atoms with van der Waals surface area (Å²) in [5.41, 5.74) is 2.55. The minimum atomic E-state index is -0.305. The van der Waals surface area contributed by atoms with Crippen LogP contribution in [-0.4, -0.2) is 20.3 Å². The van der Waals surface area contributed by atoms with E-state index in [1.807, 2.05) is 24.3 Å². The molecule has 0 aliphatic heterocycles. The molecule has 6 nitrogen and oxygen atoms in total. The average molecular weight is 407 g/mol. The van der Waals surface area contributed by atoms with Crippen molar-refractivity contribution in [3.8, 4) is 5.69 Å². The molecule has 0 aliphatic rings. The van der Waals surface area contributed by atoms with Crippen LogP contribution in [0.4, 0.5) is 5.69 Å². The number of nitrogens with zero attached hydrogens (tertiary/aromatic N) is 3. The lowest BCUT2D eigenvalue weighted by Gasteiger charge is -2.13. The lowest BCUT2D eigenvalue weighted by molar-refractivity contribution is -0.116. The van der Waals surface area contributed by atoms with Crippen LogP contribution in [-0.2, 0) is 17.8 Å². The van der Waals surface area contributed by atoms with E-state index < -0.39 is 0 Å². The van der Waals surface area contributed by atoms with Crippen LogP contribution in [0.5, 0.6) is 0 Å². The number of anilines is 1. The molecule has 0 fully saturated rings. The Morgan fingerprint density at radius 2 is 1.93 bits per heavy atom. The number of hydrogen-bond acceptors (Lipinski definition) is 3. The molecule has 2 heterocycles. The first-order valence-electron chi connectivity index (χ1n) is 9.28. The molecular weight excluding hydrogens is 388 g/mol. The molecular formula is C22H19ClN4O2. The van der Waals surface area contributed by atoms with Crippen molar-refractivity contribution in [3.05, 3.63) is 87.8 Å². The van der Waals surface area contributed by atoms with E-state index in [1.54, 1.807) is 47.3 Å². The fourth-order valence-electron chi connectivity index (χ4n) is 3.29. The molecule has 29 heavy (non-hydrogen) atoms. The lowest BCUT2D eigenvalue weighted by atomic mass is 10.1. The van der Waals surface area contributed by atoms with Crippen molar-refractivity contribution in [2.24, 2.45) is 0 Å². The minimum absolute atomic E-state index is 0.0860. The van der Waals surface area contributed by atoms with Crippen LogP contribution in [0.3, 0.4) is 0 Å². The number of para-hydroxylation sites is 1. The minimum Gasteiger partial charge on any atom is -0.323 e. The molecule has 0 atom stereocenters. The van der Waals surface area contributed by atoms with Gasteiger partial charge in [0.1, 0.15) is 6.54 Å². The Morgan fingerprint density at radius 3 is 2.72 bits per heavy atom. The molecule has 0 saturated carbocycles. The summed E-state index contributed by atoms with van der Waals surface area (Å²) in [7, 11) is 0. The van der Waals surface area contributed by atoms with Gasteiger partial charge < -0.3 is 5.32 Å². The molecule has 0 bridgehead atoms. The Bertz CT molecular complexity index is 1260.